The number of carbonyl (C=O) groups is 4. The van der Waals surface area contributed by atoms with Crippen molar-refractivity contribution in [3.8, 4) is 0 Å². The monoisotopic (exact) mass is 380 g/mol. The van der Waals surface area contributed by atoms with Crippen LogP contribution in [0.2, 0.25) is 0 Å². The number of hydrogen-bond acceptors (Lipinski definition) is 5. The van der Waals surface area contributed by atoms with E-state index in [4.69, 9.17) is 0 Å². The van der Waals surface area contributed by atoms with E-state index in [2.05, 4.69) is 10.6 Å². The third kappa shape index (κ3) is 4.01. The molecule has 144 valence electrons. The Morgan fingerprint density at radius 1 is 0.893 bits per heavy atom. The Morgan fingerprint density at radius 3 is 2.00 bits per heavy atom. The maximum absolute atomic E-state index is 12.2. The molecule has 0 fully saturated rings. The van der Waals surface area contributed by atoms with Crippen molar-refractivity contribution in [2.75, 3.05) is 37.4 Å². The maximum Gasteiger partial charge on any atom is 0.262 e. The number of carbonyl (C=O) groups excluding carboxylic acids is 4. The van der Waals surface area contributed by atoms with E-state index in [-0.39, 0.29) is 17.7 Å². The summed E-state index contributed by atoms with van der Waals surface area (Å²) < 4.78 is 0. The Morgan fingerprint density at radius 2 is 1.46 bits per heavy atom. The van der Waals surface area contributed by atoms with Gasteiger partial charge in [0, 0.05) is 25.5 Å². The lowest BCUT2D eigenvalue weighted by molar-refractivity contribution is -0.124. The smallest absolute Gasteiger partial charge is 0.262 e. The van der Waals surface area contributed by atoms with Crippen molar-refractivity contribution < 1.29 is 19.2 Å². The molecule has 4 amide bonds. The fourth-order valence-electron chi connectivity index (χ4n) is 2.81. The lowest BCUT2D eigenvalue weighted by Gasteiger charge is -2.14. The number of amides is 4. The lowest BCUT2D eigenvalue weighted by Crippen LogP contribution is -2.42. The predicted octanol–water partition coefficient (Wildman–Crippen LogP) is 1.10. The second kappa shape index (κ2) is 7.91. The fourth-order valence-corrected chi connectivity index (χ4v) is 2.81. The van der Waals surface area contributed by atoms with Crippen LogP contribution in [0.4, 0.5) is 11.4 Å². The van der Waals surface area contributed by atoms with Gasteiger partial charge in [0.05, 0.1) is 17.7 Å². The Bertz CT molecular complexity index is 902. The van der Waals surface area contributed by atoms with E-state index in [1.165, 1.54) is 0 Å². The van der Waals surface area contributed by atoms with Crippen molar-refractivity contribution in [3.63, 3.8) is 0 Å². The highest BCUT2D eigenvalue weighted by atomic mass is 16.2. The normalized spacial score (nSPS) is 12.6. The molecule has 1 heterocycles. The first kappa shape index (κ1) is 19.1. The van der Waals surface area contributed by atoms with Crippen LogP contribution < -0.4 is 15.5 Å². The van der Waals surface area contributed by atoms with Gasteiger partial charge in [0.2, 0.25) is 11.8 Å². The third-order valence-electron chi connectivity index (χ3n) is 4.29. The van der Waals surface area contributed by atoms with Crippen LogP contribution in [0.5, 0.6) is 0 Å². The van der Waals surface area contributed by atoms with E-state index in [0.29, 0.717) is 5.69 Å². The summed E-state index contributed by atoms with van der Waals surface area (Å²) in [5.41, 5.74) is 2.15. The highest BCUT2D eigenvalue weighted by Gasteiger charge is 2.36. The van der Waals surface area contributed by atoms with Crippen LogP contribution >= 0.6 is 0 Å². The van der Waals surface area contributed by atoms with Gasteiger partial charge in [-0.1, -0.05) is 12.1 Å². The summed E-state index contributed by atoms with van der Waals surface area (Å²) in [6.07, 6.45) is 0. The second-order valence-electron chi connectivity index (χ2n) is 6.51. The van der Waals surface area contributed by atoms with E-state index >= 15 is 0 Å². The average Bonchev–Trinajstić information content (AvgIpc) is 2.92. The zero-order valence-electron chi connectivity index (χ0n) is 15.6. The lowest BCUT2D eigenvalue weighted by atomic mass is 10.1. The van der Waals surface area contributed by atoms with E-state index in [9.17, 15) is 19.2 Å². The zero-order chi connectivity index (χ0) is 20.3. The highest BCUT2D eigenvalue weighted by molar-refractivity contribution is 6.22. The van der Waals surface area contributed by atoms with E-state index in [1.807, 2.05) is 31.1 Å². The quantitative estimate of drug-likeness (QED) is 0.732. The first-order valence-electron chi connectivity index (χ1n) is 8.66. The van der Waals surface area contributed by atoms with Crippen molar-refractivity contribution >= 4 is 35.0 Å². The Labute approximate surface area is 162 Å². The van der Waals surface area contributed by atoms with Gasteiger partial charge in [0.15, 0.2) is 0 Å². The van der Waals surface area contributed by atoms with Crippen molar-refractivity contribution in [2.45, 2.75) is 0 Å². The largest absolute Gasteiger partial charge is 0.378 e. The molecule has 3 rings (SSSR count). The fraction of sp³-hybridized carbons (Fsp3) is 0.200. The zero-order valence-corrected chi connectivity index (χ0v) is 15.6. The third-order valence-corrected chi connectivity index (χ3v) is 4.29. The number of fused-ring (bicyclic) bond motifs is 1. The van der Waals surface area contributed by atoms with E-state index in [1.54, 1.807) is 36.4 Å². The number of hydrogen-bond donors (Lipinski definition) is 2. The summed E-state index contributed by atoms with van der Waals surface area (Å²) in [6, 6.07) is 13.6. The van der Waals surface area contributed by atoms with Gasteiger partial charge in [-0.2, -0.15) is 0 Å². The molecule has 0 spiro atoms. The van der Waals surface area contributed by atoms with Crippen LogP contribution in [0, 0.1) is 0 Å². The molecule has 0 bridgehead atoms. The van der Waals surface area contributed by atoms with Crippen LogP contribution in [0.1, 0.15) is 20.7 Å². The number of nitrogens with one attached hydrogen (secondary N) is 2. The standard InChI is InChI=1S/C20H20N4O4/c1-23(2)14-9-7-13(8-10-14)22-17(25)11-21-18(26)12-24-19(27)15-5-3-4-6-16(15)20(24)28/h3-10H,11-12H2,1-2H3,(H,21,26)(H,22,25). The molecular formula is C20H20N4O4. The maximum atomic E-state index is 12.2. The van der Waals surface area contributed by atoms with Gasteiger partial charge in [-0.3, -0.25) is 24.1 Å². The minimum Gasteiger partial charge on any atom is -0.378 e. The average molecular weight is 380 g/mol. The van der Waals surface area contributed by atoms with Crippen LogP contribution in [0.25, 0.3) is 0 Å². The van der Waals surface area contributed by atoms with Crippen LogP contribution in [0.15, 0.2) is 48.5 Å². The number of nitrogens with zero attached hydrogens (tertiary/aromatic N) is 2. The second-order valence-corrected chi connectivity index (χ2v) is 6.51. The van der Waals surface area contributed by atoms with Crippen molar-refractivity contribution in [3.05, 3.63) is 59.7 Å². The van der Waals surface area contributed by atoms with Crippen LogP contribution in [-0.4, -0.2) is 55.7 Å². The molecule has 0 radical (unpaired) electrons. The van der Waals surface area contributed by atoms with Crippen molar-refractivity contribution in [2.24, 2.45) is 0 Å². The molecule has 0 saturated heterocycles. The Hall–Kier alpha value is -3.68. The molecule has 0 atom stereocenters. The molecule has 2 aromatic rings. The first-order valence-corrected chi connectivity index (χ1v) is 8.66. The Kier molecular flexibility index (Phi) is 5.39. The molecule has 8 heteroatoms. The highest BCUT2D eigenvalue weighted by Crippen LogP contribution is 2.21. The van der Waals surface area contributed by atoms with Gasteiger partial charge in [-0.15, -0.1) is 0 Å². The summed E-state index contributed by atoms with van der Waals surface area (Å²) >= 11 is 0. The summed E-state index contributed by atoms with van der Waals surface area (Å²) in [4.78, 5) is 51.4. The van der Waals surface area contributed by atoms with Gasteiger partial charge < -0.3 is 15.5 Å². The predicted molar refractivity (Wildman–Crippen MR) is 104 cm³/mol. The first-order chi connectivity index (χ1) is 13.4. The topological polar surface area (TPSA) is 98.8 Å². The minimum absolute atomic E-state index is 0.266. The molecule has 0 aromatic heterocycles. The van der Waals surface area contributed by atoms with E-state index < -0.39 is 30.2 Å². The van der Waals surface area contributed by atoms with Gasteiger partial charge in [-0.25, -0.2) is 0 Å². The van der Waals surface area contributed by atoms with Crippen molar-refractivity contribution in [1.82, 2.24) is 10.2 Å². The molecule has 1 aliphatic rings. The number of imide groups is 1. The van der Waals surface area contributed by atoms with Gasteiger partial charge >= 0.3 is 0 Å². The van der Waals surface area contributed by atoms with Gasteiger partial charge in [0.1, 0.15) is 6.54 Å². The molecule has 8 nitrogen and oxygen atoms in total. The summed E-state index contributed by atoms with van der Waals surface area (Å²) in [5, 5.41) is 5.09. The van der Waals surface area contributed by atoms with Gasteiger partial charge in [-0.05, 0) is 36.4 Å². The summed E-state index contributed by atoms with van der Waals surface area (Å²) in [6.45, 7) is -0.700. The summed E-state index contributed by atoms with van der Waals surface area (Å²) in [7, 11) is 3.83. The van der Waals surface area contributed by atoms with E-state index in [0.717, 1.165) is 10.6 Å². The SMILES string of the molecule is CN(C)c1ccc(NC(=O)CNC(=O)CN2C(=O)c3ccccc3C2=O)cc1. The minimum atomic E-state index is -0.590. The molecular weight excluding hydrogens is 360 g/mol. The molecule has 28 heavy (non-hydrogen) atoms. The number of rotatable bonds is 6. The van der Waals surface area contributed by atoms with Crippen LogP contribution in [0.3, 0.4) is 0 Å². The molecule has 0 unspecified atom stereocenters. The molecule has 0 saturated carbocycles. The number of benzene rings is 2. The van der Waals surface area contributed by atoms with Crippen LogP contribution in [-0.2, 0) is 9.59 Å². The number of anilines is 2. The molecule has 1 aliphatic heterocycles. The molecule has 2 aromatic carbocycles. The molecule has 0 aliphatic carbocycles. The molecule has 2 N–H and O–H groups in total. The summed E-state index contributed by atoms with van der Waals surface area (Å²) in [5.74, 6) is -2.02. The Balaban J connectivity index is 1.50. The van der Waals surface area contributed by atoms with Crippen molar-refractivity contribution in [1.29, 1.82) is 0 Å². The van der Waals surface area contributed by atoms with Gasteiger partial charge in [0.25, 0.3) is 11.8 Å².